The first-order chi connectivity index (χ1) is 9.31. The van der Waals surface area contributed by atoms with Crippen molar-refractivity contribution >= 4 is 5.69 Å². The van der Waals surface area contributed by atoms with E-state index in [0.717, 1.165) is 29.2 Å². The SMILES string of the molecule is Nc1cccc(-c2cnc(Cc3ccccc3)[nH]2)c1. The van der Waals surface area contributed by atoms with Crippen molar-refractivity contribution in [1.29, 1.82) is 0 Å². The summed E-state index contributed by atoms with van der Waals surface area (Å²) in [4.78, 5) is 7.76. The van der Waals surface area contributed by atoms with Gasteiger partial charge in [-0.05, 0) is 17.7 Å². The summed E-state index contributed by atoms with van der Waals surface area (Å²) in [5.41, 5.74) is 9.86. The van der Waals surface area contributed by atoms with Crippen LogP contribution in [0.25, 0.3) is 11.3 Å². The molecular formula is C16H15N3. The van der Waals surface area contributed by atoms with Crippen molar-refractivity contribution in [3.63, 3.8) is 0 Å². The summed E-state index contributed by atoms with van der Waals surface area (Å²) in [6, 6.07) is 18.1. The van der Waals surface area contributed by atoms with Crippen LogP contribution in [0.1, 0.15) is 11.4 Å². The molecule has 94 valence electrons. The standard InChI is InChI=1S/C16H15N3/c17-14-8-4-7-13(10-14)15-11-18-16(19-15)9-12-5-2-1-3-6-12/h1-8,10-11H,9,17H2,(H,18,19). The number of nitrogens with zero attached hydrogens (tertiary/aromatic N) is 1. The van der Waals surface area contributed by atoms with Crippen molar-refractivity contribution in [2.75, 3.05) is 5.73 Å². The van der Waals surface area contributed by atoms with E-state index in [0.29, 0.717) is 0 Å². The van der Waals surface area contributed by atoms with Crippen LogP contribution in [-0.4, -0.2) is 9.97 Å². The Morgan fingerprint density at radius 2 is 1.84 bits per heavy atom. The molecule has 0 spiro atoms. The Balaban J connectivity index is 1.84. The van der Waals surface area contributed by atoms with E-state index >= 15 is 0 Å². The quantitative estimate of drug-likeness (QED) is 0.700. The molecule has 2 aromatic carbocycles. The van der Waals surface area contributed by atoms with Gasteiger partial charge in [0.15, 0.2) is 0 Å². The number of imidazole rings is 1. The molecule has 0 atom stereocenters. The van der Waals surface area contributed by atoms with Gasteiger partial charge in [-0.25, -0.2) is 4.98 Å². The van der Waals surface area contributed by atoms with Gasteiger partial charge in [-0.1, -0.05) is 42.5 Å². The van der Waals surface area contributed by atoms with Crippen molar-refractivity contribution in [2.45, 2.75) is 6.42 Å². The number of aromatic amines is 1. The van der Waals surface area contributed by atoms with Gasteiger partial charge in [0.2, 0.25) is 0 Å². The minimum Gasteiger partial charge on any atom is -0.399 e. The average molecular weight is 249 g/mol. The van der Waals surface area contributed by atoms with Gasteiger partial charge in [0.1, 0.15) is 5.82 Å². The molecule has 0 aliphatic heterocycles. The van der Waals surface area contributed by atoms with Gasteiger partial charge in [-0.15, -0.1) is 0 Å². The van der Waals surface area contributed by atoms with Crippen molar-refractivity contribution in [3.8, 4) is 11.3 Å². The van der Waals surface area contributed by atoms with Crippen molar-refractivity contribution in [1.82, 2.24) is 9.97 Å². The lowest BCUT2D eigenvalue weighted by molar-refractivity contribution is 1.03. The summed E-state index contributed by atoms with van der Waals surface area (Å²) >= 11 is 0. The molecule has 3 aromatic rings. The normalized spacial score (nSPS) is 10.5. The number of hydrogen-bond donors (Lipinski definition) is 2. The van der Waals surface area contributed by atoms with E-state index in [1.165, 1.54) is 5.56 Å². The van der Waals surface area contributed by atoms with Crippen LogP contribution < -0.4 is 5.73 Å². The highest BCUT2D eigenvalue weighted by Gasteiger charge is 2.04. The molecule has 0 radical (unpaired) electrons. The van der Waals surface area contributed by atoms with E-state index in [1.54, 1.807) is 0 Å². The van der Waals surface area contributed by atoms with Crippen molar-refractivity contribution < 1.29 is 0 Å². The fourth-order valence-electron chi connectivity index (χ4n) is 2.09. The van der Waals surface area contributed by atoms with Crippen LogP contribution in [0.15, 0.2) is 60.8 Å². The molecular weight excluding hydrogens is 234 g/mol. The molecule has 0 amide bonds. The lowest BCUT2D eigenvalue weighted by atomic mass is 10.1. The molecule has 19 heavy (non-hydrogen) atoms. The van der Waals surface area contributed by atoms with Crippen LogP contribution in [0.5, 0.6) is 0 Å². The van der Waals surface area contributed by atoms with Crippen LogP contribution in [0.2, 0.25) is 0 Å². The number of nitrogen functional groups attached to an aromatic ring is 1. The van der Waals surface area contributed by atoms with E-state index in [2.05, 4.69) is 22.1 Å². The second-order valence-corrected chi connectivity index (χ2v) is 4.53. The summed E-state index contributed by atoms with van der Waals surface area (Å²) in [6.45, 7) is 0. The van der Waals surface area contributed by atoms with Crippen LogP contribution >= 0.6 is 0 Å². The zero-order valence-electron chi connectivity index (χ0n) is 10.5. The molecule has 0 aliphatic carbocycles. The lowest BCUT2D eigenvalue weighted by Crippen LogP contribution is -1.90. The number of hydrogen-bond acceptors (Lipinski definition) is 2. The van der Waals surface area contributed by atoms with Crippen molar-refractivity contribution in [2.24, 2.45) is 0 Å². The highest BCUT2D eigenvalue weighted by atomic mass is 14.9. The van der Waals surface area contributed by atoms with Crippen LogP contribution in [0.4, 0.5) is 5.69 Å². The zero-order valence-corrected chi connectivity index (χ0v) is 10.5. The van der Waals surface area contributed by atoms with Gasteiger partial charge in [-0.3, -0.25) is 0 Å². The minimum atomic E-state index is 0.761. The number of aromatic nitrogens is 2. The molecule has 3 heteroatoms. The number of nitrogens with two attached hydrogens (primary N) is 1. The fourth-order valence-corrected chi connectivity index (χ4v) is 2.09. The second kappa shape index (κ2) is 4.98. The Labute approximate surface area is 112 Å². The van der Waals surface area contributed by atoms with E-state index in [1.807, 2.05) is 48.7 Å². The lowest BCUT2D eigenvalue weighted by Gasteiger charge is -1.99. The molecule has 3 rings (SSSR count). The molecule has 0 saturated carbocycles. The van der Waals surface area contributed by atoms with Crippen LogP contribution in [-0.2, 0) is 6.42 Å². The fraction of sp³-hybridized carbons (Fsp3) is 0.0625. The Bertz CT molecular complexity index is 671. The van der Waals surface area contributed by atoms with E-state index < -0.39 is 0 Å². The van der Waals surface area contributed by atoms with Crippen LogP contribution in [0, 0.1) is 0 Å². The highest BCUT2D eigenvalue weighted by molar-refractivity contribution is 5.63. The van der Waals surface area contributed by atoms with Gasteiger partial charge >= 0.3 is 0 Å². The summed E-state index contributed by atoms with van der Waals surface area (Å²) in [5.74, 6) is 0.962. The Morgan fingerprint density at radius 1 is 1.00 bits per heavy atom. The predicted molar refractivity (Wildman–Crippen MR) is 77.7 cm³/mol. The summed E-state index contributed by atoms with van der Waals surface area (Å²) < 4.78 is 0. The van der Waals surface area contributed by atoms with Crippen molar-refractivity contribution in [3.05, 3.63) is 72.2 Å². The third-order valence-corrected chi connectivity index (χ3v) is 3.04. The predicted octanol–water partition coefficient (Wildman–Crippen LogP) is 3.25. The number of rotatable bonds is 3. The Hall–Kier alpha value is -2.55. The number of anilines is 1. The monoisotopic (exact) mass is 249 g/mol. The largest absolute Gasteiger partial charge is 0.399 e. The molecule has 1 aromatic heterocycles. The van der Waals surface area contributed by atoms with Crippen LogP contribution in [0.3, 0.4) is 0 Å². The van der Waals surface area contributed by atoms with Gasteiger partial charge in [-0.2, -0.15) is 0 Å². The molecule has 3 N–H and O–H groups in total. The molecule has 0 fully saturated rings. The Morgan fingerprint density at radius 3 is 2.63 bits per heavy atom. The molecule has 3 nitrogen and oxygen atoms in total. The van der Waals surface area contributed by atoms with E-state index in [4.69, 9.17) is 5.73 Å². The molecule has 0 unspecified atom stereocenters. The topological polar surface area (TPSA) is 54.7 Å². The molecule has 0 aliphatic rings. The number of benzene rings is 2. The first-order valence-corrected chi connectivity index (χ1v) is 6.25. The van der Waals surface area contributed by atoms with E-state index in [-0.39, 0.29) is 0 Å². The molecule has 1 heterocycles. The molecule has 0 saturated heterocycles. The van der Waals surface area contributed by atoms with Gasteiger partial charge in [0.05, 0.1) is 11.9 Å². The maximum atomic E-state index is 5.79. The first-order valence-electron chi connectivity index (χ1n) is 6.25. The highest BCUT2D eigenvalue weighted by Crippen LogP contribution is 2.20. The molecule has 0 bridgehead atoms. The zero-order chi connectivity index (χ0) is 13.1. The number of H-pyrrole nitrogens is 1. The average Bonchev–Trinajstić information content (AvgIpc) is 2.88. The maximum Gasteiger partial charge on any atom is 0.110 e. The second-order valence-electron chi connectivity index (χ2n) is 4.53. The van der Waals surface area contributed by atoms with Gasteiger partial charge in [0.25, 0.3) is 0 Å². The maximum absolute atomic E-state index is 5.79. The summed E-state index contributed by atoms with van der Waals surface area (Å²) in [6.07, 6.45) is 2.66. The smallest absolute Gasteiger partial charge is 0.110 e. The summed E-state index contributed by atoms with van der Waals surface area (Å²) in [5, 5.41) is 0. The summed E-state index contributed by atoms with van der Waals surface area (Å²) in [7, 11) is 0. The first kappa shape index (κ1) is 11.5. The Kier molecular flexibility index (Phi) is 3.02. The third kappa shape index (κ3) is 2.65. The van der Waals surface area contributed by atoms with Gasteiger partial charge in [0, 0.05) is 17.7 Å². The third-order valence-electron chi connectivity index (χ3n) is 3.04. The van der Waals surface area contributed by atoms with E-state index in [9.17, 15) is 0 Å². The number of nitrogens with one attached hydrogen (secondary N) is 1. The van der Waals surface area contributed by atoms with Gasteiger partial charge < -0.3 is 10.7 Å². The minimum absolute atomic E-state index is 0.761.